The van der Waals surface area contributed by atoms with E-state index >= 15 is 0 Å². The Morgan fingerprint density at radius 3 is 1.88 bits per heavy atom. The Balaban J connectivity index is 3.63. The molecule has 0 radical (unpaired) electrons. The molecule has 0 heterocycles. The van der Waals surface area contributed by atoms with Gasteiger partial charge in [-0.1, -0.05) is 6.58 Å². The first-order chi connectivity index (χ1) is 7.41. The molecular weight excluding hydrogens is 216 g/mol. The number of carboxylic acids is 1. The van der Waals surface area contributed by atoms with Gasteiger partial charge in [0.2, 0.25) is 11.8 Å². The van der Waals surface area contributed by atoms with Crippen molar-refractivity contribution in [1.82, 2.24) is 16.0 Å². The topological polar surface area (TPSA) is 134 Å². The maximum Gasteiger partial charge on any atom is 0.322 e. The highest BCUT2D eigenvalue weighted by molar-refractivity contribution is 5.87. The number of amides is 2. The lowest BCUT2D eigenvalue weighted by molar-refractivity contribution is -0.137. The standard InChI is InChI=1S/C8H14N4O4/c1-5(9)10-2-6(13)11-3-7(14)12-4-8(15)16/h10H,1-4,9H2,(H,11,13)(H,12,14)(H,15,16). The van der Waals surface area contributed by atoms with E-state index in [4.69, 9.17) is 10.8 Å². The van der Waals surface area contributed by atoms with E-state index in [9.17, 15) is 14.4 Å². The predicted molar refractivity (Wildman–Crippen MR) is 55.0 cm³/mol. The number of carbonyl (C=O) groups excluding carboxylic acids is 2. The van der Waals surface area contributed by atoms with E-state index in [1.54, 1.807) is 0 Å². The number of hydrogen-bond acceptors (Lipinski definition) is 5. The minimum atomic E-state index is -1.15. The van der Waals surface area contributed by atoms with Crippen LogP contribution in [0.25, 0.3) is 0 Å². The fourth-order valence-electron chi connectivity index (χ4n) is 0.672. The Morgan fingerprint density at radius 2 is 1.44 bits per heavy atom. The van der Waals surface area contributed by atoms with E-state index in [2.05, 4.69) is 22.5 Å². The van der Waals surface area contributed by atoms with Crippen LogP contribution in [0.1, 0.15) is 0 Å². The Bertz CT molecular complexity index is 272. The van der Waals surface area contributed by atoms with E-state index in [1.165, 1.54) is 0 Å². The molecule has 8 heteroatoms. The molecule has 0 aromatic carbocycles. The molecule has 2 amide bonds. The van der Waals surface area contributed by atoms with Gasteiger partial charge in [0, 0.05) is 0 Å². The van der Waals surface area contributed by atoms with E-state index in [-0.39, 0.29) is 18.9 Å². The van der Waals surface area contributed by atoms with Gasteiger partial charge in [0.25, 0.3) is 0 Å². The number of nitrogens with two attached hydrogens (primary N) is 1. The Morgan fingerprint density at radius 1 is 1.00 bits per heavy atom. The smallest absolute Gasteiger partial charge is 0.322 e. The van der Waals surface area contributed by atoms with Crippen LogP contribution in [0.5, 0.6) is 0 Å². The van der Waals surface area contributed by atoms with Crippen LogP contribution in [0, 0.1) is 0 Å². The van der Waals surface area contributed by atoms with Gasteiger partial charge in [0.1, 0.15) is 6.54 Å². The predicted octanol–water partition coefficient (Wildman–Crippen LogP) is -2.68. The van der Waals surface area contributed by atoms with Crippen molar-refractivity contribution in [2.75, 3.05) is 19.6 Å². The molecule has 6 N–H and O–H groups in total. The van der Waals surface area contributed by atoms with E-state index in [1.807, 2.05) is 0 Å². The van der Waals surface area contributed by atoms with Gasteiger partial charge in [0.15, 0.2) is 0 Å². The van der Waals surface area contributed by atoms with Crippen molar-refractivity contribution in [3.63, 3.8) is 0 Å². The molecule has 0 saturated carbocycles. The van der Waals surface area contributed by atoms with Gasteiger partial charge in [0.05, 0.1) is 18.9 Å². The molecule has 90 valence electrons. The summed E-state index contributed by atoms with van der Waals surface area (Å²) in [6, 6.07) is 0. The van der Waals surface area contributed by atoms with E-state index < -0.39 is 24.3 Å². The number of carbonyl (C=O) groups is 3. The molecule has 0 rings (SSSR count). The van der Waals surface area contributed by atoms with Gasteiger partial charge >= 0.3 is 5.97 Å². The van der Waals surface area contributed by atoms with Gasteiger partial charge in [-0.25, -0.2) is 0 Å². The monoisotopic (exact) mass is 230 g/mol. The van der Waals surface area contributed by atoms with E-state index in [0.29, 0.717) is 0 Å². The van der Waals surface area contributed by atoms with Crippen LogP contribution < -0.4 is 21.7 Å². The summed E-state index contributed by atoms with van der Waals surface area (Å²) in [4.78, 5) is 32.0. The fraction of sp³-hybridized carbons (Fsp3) is 0.375. The third-order valence-corrected chi connectivity index (χ3v) is 1.36. The number of aliphatic carboxylic acids is 1. The second-order valence-corrected chi connectivity index (χ2v) is 2.83. The molecule has 0 saturated heterocycles. The highest BCUT2D eigenvalue weighted by atomic mass is 16.4. The maximum atomic E-state index is 11.0. The summed E-state index contributed by atoms with van der Waals surface area (Å²) in [5.74, 6) is -2.04. The number of hydrogen-bond donors (Lipinski definition) is 5. The van der Waals surface area contributed by atoms with Gasteiger partial charge in [-0.05, 0) is 0 Å². The minimum Gasteiger partial charge on any atom is -0.480 e. The number of rotatable bonds is 7. The van der Waals surface area contributed by atoms with Crippen molar-refractivity contribution >= 4 is 17.8 Å². The first-order valence-corrected chi connectivity index (χ1v) is 4.35. The van der Waals surface area contributed by atoms with Gasteiger partial charge < -0.3 is 26.8 Å². The maximum absolute atomic E-state index is 11.0. The van der Waals surface area contributed by atoms with Gasteiger partial charge in [-0.2, -0.15) is 0 Å². The second kappa shape index (κ2) is 7.10. The highest BCUT2D eigenvalue weighted by Gasteiger charge is 2.06. The van der Waals surface area contributed by atoms with Crippen LogP contribution in [-0.2, 0) is 14.4 Å². The summed E-state index contributed by atoms with van der Waals surface area (Å²) in [6.45, 7) is 2.45. The lowest BCUT2D eigenvalue weighted by atomic mass is 10.5. The molecule has 0 aromatic heterocycles. The van der Waals surface area contributed by atoms with Crippen molar-refractivity contribution in [2.45, 2.75) is 0 Å². The fourth-order valence-corrected chi connectivity index (χ4v) is 0.672. The van der Waals surface area contributed by atoms with Crippen molar-refractivity contribution < 1.29 is 19.5 Å². The normalized spacial score (nSPS) is 9.00. The van der Waals surface area contributed by atoms with Crippen LogP contribution in [0.2, 0.25) is 0 Å². The molecule has 0 atom stereocenters. The van der Waals surface area contributed by atoms with Crippen LogP contribution in [-0.4, -0.2) is 42.5 Å². The number of nitrogens with one attached hydrogen (secondary N) is 3. The SMILES string of the molecule is C=C(N)NCC(=O)NCC(=O)NCC(=O)O. The lowest BCUT2D eigenvalue weighted by Gasteiger charge is -2.06. The number of carboxylic acid groups (broad SMARTS) is 1. The quantitative estimate of drug-likeness (QED) is 0.323. The van der Waals surface area contributed by atoms with Crippen molar-refractivity contribution in [1.29, 1.82) is 0 Å². The summed E-state index contributed by atoms with van der Waals surface area (Å²) in [5, 5.41) is 15.1. The van der Waals surface area contributed by atoms with Crippen molar-refractivity contribution in [2.24, 2.45) is 5.73 Å². The summed E-state index contributed by atoms with van der Waals surface area (Å²) in [6.07, 6.45) is 0. The zero-order chi connectivity index (χ0) is 12.6. The molecule has 0 aliphatic heterocycles. The Labute approximate surface area is 91.9 Å². The largest absolute Gasteiger partial charge is 0.480 e. The molecule has 0 spiro atoms. The lowest BCUT2D eigenvalue weighted by Crippen LogP contribution is -2.42. The Kier molecular flexibility index (Phi) is 6.10. The van der Waals surface area contributed by atoms with Crippen LogP contribution in [0.4, 0.5) is 0 Å². The molecule has 16 heavy (non-hydrogen) atoms. The average Bonchev–Trinajstić information content (AvgIpc) is 2.20. The molecular formula is C8H14N4O4. The molecule has 0 bridgehead atoms. The summed E-state index contributed by atoms with van der Waals surface area (Å²) in [5.41, 5.74) is 5.15. The molecule has 0 aliphatic carbocycles. The summed E-state index contributed by atoms with van der Waals surface area (Å²) in [7, 11) is 0. The summed E-state index contributed by atoms with van der Waals surface area (Å²) >= 11 is 0. The highest BCUT2D eigenvalue weighted by Crippen LogP contribution is 1.70. The first-order valence-electron chi connectivity index (χ1n) is 4.35. The van der Waals surface area contributed by atoms with Gasteiger partial charge in [-0.15, -0.1) is 0 Å². The first kappa shape index (κ1) is 13.8. The van der Waals surface area contributed by atoms with Crippen molar-refractivity contribution in [3.05, 3.63) is 12.4 Å². The molecule has 0 unspecified atom stereocenters. The Hall–Kier alpha value is -2.25. The minimum absolute atomic E-state index is 0.0957. The zero-order valence-corrected chi connectivity index (χ0v) is 8.58. The average molecular weight is 230 g/mol. The van der Waals surface area contributed by atoms with E-state index in [0.717, 1.165) is 0 Å². The van der Waals surface area contributed by atoms with Gasteiger partial charge in [-0.3, -0.25) is 14.4 Å². The molecule has 8 nitrogen and oxygen atoms in total. The second-order valence-electron chi connectivity index (χ2n) is 2.83. The molecule has 0 fully saturated rings. The third kappa shape index (κ3) is 8.35. The van der Waals surface area contributed by atoms with Crippen LogP contribution in [0.15, 0.2) is 12.4 Å². The summed E-state index contributed by atoms with van der Waals surface area (Å²) < 4.78 is 0. The molecule has 0 aromatic rings. The third-order valence-electron chi connectivity index (χ3n) is 1.36. The van der Waals surface area contributed by atoms with Crippen LogP contribution in [0.3, 0.4) is 0 Å². The van der Waals surface area contributed by atoms with Crippen LogP contribution >= 0.6 is 0 Å². The van der Waals surface area contributed by atoms with Crippen molar-refractivity contribution in [3.8, 4) is 0 Å². The molecule has 0 aliphatic rings. The zero-order valence-electron chi connectivity index (χ0n) is 8.58.